The Balaban J connectivity index is 1.53. The summed E-state index contributed by atoms with van der Waals surface area (Å²) in [5, 5.41) is 8.48. The molecule has 2 N–H and O–H groups in total. The van der Waals surface area contributed by atoms with Gasteiger partial charge >= 0.3 is 0 Å². The molecular formula is C28H29ClN4. The van der Waals surface area contributed by atoms with Crippen molar-refractivity contribution in [3.8, 4) is 11.1 Å². The fraction of sp³-hybridized carbons (Fsp3) is 0.179. The van der Waals surface area contributed by atoms with Crippen molar-refractivity contribution in [1.29, 1.82) is 0 Å². The Morgan fingerprint density at radius 1 is 1.09 bits per heavy atom. The number of aliphatic imine (C=N–C) groups is 1. The van der Waals surface area contributed by atoms with Crippen molar-refractivity contribution in [3.63, 3.8) is 0 Å². The van der Waals surface area contributed by atoms with Gasteiger partial charge in [0, 0.05) is 54.6 Å². The van der Waals surface area contributed by atoms with Crippen molar-refractivity contribution < 1.29 is 0 Å². The highest BCUT2D eigenvalue weighted by Crippen LogP contribution is 2.38. The summed E-state index contributed by atoms with van der Waals surface area (Å²) in [6, 6.07) is 18.9. The maximum Gasteiger partial charge on any atom is 0.0860 e. The number of anilines is 1. The van der Waals surface area contributed by atoms with Crippen LogP contribution in [0.5, 0.6) is 0 Å². The van der Waals surface area contributed by atoms with Gasteiger partial charge in [-0.1, -0.05) is 36.4 Å². The third-order valence-corrected chi connectivity index (χ3v) is 6.42. The fourth-order valence-corrected chi connectivity index (χ4v) is 4.40. The monoisotopic (exact) mass is 456 g/mol. The van der Waals surface area contributed by atoms with E-state index in [0.717, 1.165) is 46.7 Å². The highest BCUT2D eigenvalue weighted by atomic mass is 35.5. The summed E-state index contributed by atoms with van der Waals surface area (Å²) in [6.07, 6.45) is 2.93. The summed E-state index contributed by atoms with van der Waals surface area (Å²) in [7, 11) is 3.94. The lowest BCUT2D eigenvalue weighted by molar-refractivity contribution is 0.969. The topological polar surface area (TPSA) is 41.4 Å². The molecule has 4 aromatic rings. The van der Waals surface area contributed by atoms with Crippen molar-refractivity contribution in [3.05, 3.63) is 89.1 Å². The number of hydrogen-bond donors (Lipinski definition) is 2. The van der Waals surface area contributed by atoms with Gasteiger partial charge in [0.15, 0.2) is 0 Å². The van der Waals surface area contributed by atoms with Crippen LogP contribution < -0.4 is 10.6 Å². The number of nitrogens with one attached hydrogen (secondary N) is 2. The van der Waals surface area contributed by atoms with E-state index in [1.165, 1.54) is 22.0 Å². The second-order valence-corrected chi connectivity index (χ2v) is 8.67. The summed E-state index contributed by atoms with van der Waals surface area (Å²) in [5.74, 6) is 0. The molecule has 5 heteroatoms. The van der Waals surface area contributed by atoms with Gasteiger partial charge < -0.3 is 15.2 Å². The van der Waals surface area contributed by atoms with Crippen LogP contribution >= 0.6 is 11.6 Å². The molecule has 0 unspecified atom stereocenters. The molecule has 0 bridgehead atoms. The minimum Gasteiger partial charge on any atom is -0.388 e. The number of benzene rings is 3. The molecular weight excluding hydrogens is 428 g/mol. The smallest absolute Gasteiger partial charge is 0.0860 e. The van der Waals surface area contributed by atoms with Crippen LogP contribution in [0.15, 0.2) is 72.4 Å². The summed E-state index contributed by atoms with van der Waals surface area (Å²) >= 11 is 6.71. The minimum absolute atomic E-state index is 0.683. The van der Waals surface area contributed by atoms with Gasteiger partial charge in [-0.15, -0.1) is 0 Å². The predicted octanol–water partition coefficient (Wildman–Crippen LogP) is 6.98. The van der Waals surface area contributed by atoms with Gasteiger partial charge in [0.2, 0.25) is 0 Å². The van der Waals surface area contributed by atoms with Crippen LogP contribution in [-0.2, 0) is 13.5 Å². The van der Waals surface area contributed by atoms with Gasteiger partial charge in [-0.25, -0.2) is 0 Å². The molecule has 0 aliphatic heterocycles. The third kappa shape index (κ3) is 4.67. The maximum absolute atomic E-state index is 6.71. The van der Waals surface area contributed by atoms with Crippen molar-refractivity contribution in [1.82, 2.24) is 9.88 Å². The summed E-state index contributed by atoms with van der Waals surface area (Å²) in [4.78, 5) is 4.25. The number of aromatic nitrogens is 1. The van der Waals surface area contributed by atoms with Crippen molar-refractivity contribution in [2.24, 2.45) is 12.0 Å². The first kappa shape index (κ1) is 22.7. The predicted molar refractivity (Wildman–Crippen MR) is 144 cm³/mol. The SMILES string of the molecule is C=Nc1cc(-c2ccc3c(ccn3C)c2)c(Cl)cc1NCCc1ccc(C)c(C(=C)NC)c1. The lowest BCUT2D eigenvalue weighted by Gasteiger charge is -2.14. The van der Waals surface area contributed by atoms with Crippen LogP contribution in [0.4, 0.5) is 11.4 Å². The molecule has 0 aliphatic rings. The first-order valence-corrected chi connectivity index (χ1v) is 11.3. The van der Waals surface area contributed by atoms with E-state index in [0.29, 0.717) is 5.02 Å². The number of halogens is 1. The van der Waals surface area contributed by atoms with Crippen LogP contribution in [0.2, 0.25) is 5.02 Å². The second-order valence-electron chi connectivity index (χ2n) is 8.26. The number of rotatable bonds is 8. The second kappa shape index (κ2) is 9.55. The van der Waals surface area contributed by atoms with Crippen LogP contribution in [0.25, 0.3) is 27.7 Å². The van der Waals surface area contributed by atoms with E-state index in [9.17, 15) is 0 Å². The Morgan fingerprint density at radius 3 is 2.67 bits per heavy atom. The van der Waals surface area contributed by atoms with E-state index in [2.05, 4.69) is 89.1 Å². The summed E-state index contributed by atoms with van der Waals surface area (Å²) < 4.78 is 2.11. The molecule has 0 saturated heterocycles. The zero-order chi connectivity index (χ0) is 23.5. The minimum atomic E-state index is 0.683. The number of aryl methyl sites for hydroxylation is 2. The Kier molecular flexibility index (Phi) is 6.57. The maximum atomic E-state index is 6.71. The highest BCUT2D eigenvalue weighted by Gasteiger charge is 2.11. The van der Waals surface area contributed by atoms with Crippen molar-refractivity contribution >= 4 is 46.3 Å². The zero-order valence-corrected chi connectivity index (χ0v) is 20.1. The molecule has 33 heavy (non-hydrogen) atoms. The van der Waals surface area contributed by atoms with Gasteiger partial charge in [-0.2, -0.15) is 0 Å². The van der Waals surface area contributed by atoms with Gasteiger partial charge in [-0.3, -0.25) is 4.99 Å². The third-order valence-electron chi connectivity index (χ3n) is 6.11. The van der Waals surface area contributed by atoms with E-state index < -0.39 is 0 Å². The van der Waals surface area contributed by atoms with Crippen LogP contribution in [0.1, 0.15) is 16.7 Å². The molecule has 0 fully saturated rings. The lowest BCUT2D eigenvalue weighted by atomic mass is 10.0. The van der Waals surface area contributed by atoms with Gasteiger partial charge in [0.25, 0.3) is 0 Å². The molecule has 3 aromatic carbocycles. The average Bonchev–Trinajstić information content (AvgIpc) is 3.19. The Hall–Kier alpha value is -3.50. The number of nitrogens with zero attached hydrogens (tertiary/aromatic N) is 2. The lowest BCUT2D eigenvalue weighted by Crippen LogP contribution is -2.08. The first-order chi connectivity index (χ1) is 15.9. The van der Waals surface area contributed by atoms with Gasteiger partial charge in [0.1, 0.15) is 0 Å². The molecule has 0 aliphatic carbocycles. The van der Waals surface area contributed by atoms with Gasteiger partial charge in [-0.05, 0) is 73.2 Å². The molecule has 0 spiro atoms. The highest BCUT2D eigenvalue weighted by molar-refractivity contribution is 6.34. The zero-order valence-electron chi connectivity index (χ0n) is 19.4. The normalized spacial score (nSPS) is 10.9. The molecule has 4 rings (SSSR count). The van der Waals surface area contributed by atoms with Crippen molar-refractivity contribution in [2.75, 3.05) is 18.9 Å². The molecule has 1 aromatic heterocycles. The fourth-order valence-electron chi connectivity index (χ4n) is 4.13. The standard InChI is InChI=1S/C28H29ClN4/c1-18-6-7-20(14-23(18)19(2)30-3)10-12-32-27-17-25(29)24(16-26(27)31-4)21-8-9-28-22(15-21)11-13-33(28)5/h6-9,11,13-17,30,32H,2,4,10,12H2,1,3,5H3. The quantitative estimate of drug-likeness (QED) is 0.281. The molecule has 4 nitrogen and oxygen atoms in total. The van der Waals surface area contributed by atoms with E-state index in [1.807, 2.05) is 26.2 Å². The molecule has 0 amide bonds. The van der Waals surface area contributed by atoms with E-state index in [4.69, 9.17) is 11.6 Å². The molecule has 0 atom stereocenters. The van der Waals surface area contributed by atoms with E-state index in [1.54, 1.807) is 0 Å². The van der Waals surface area contributed by atoms with Crippen molar-refractivity contribution in [2.45, 2.75) is 13.3 Å². The largest absolute Gasteiger partial charge is 0.388 e. The Bertz CT molecular complexity index is 1350. The number of hydrogen-bond acceptors (Lipinski definition) is 3. The van der Waals surface area contributed by atoms with Crippen LogP contribution in [0.3, 0.4) is 0 Å². The Morgan fingerprint density at radius 2 is 1.91 bits per heavy atom. The Labute approximate surface area is 200 Å². The van der Waals surface area contributed by atoms with E-state index >= 15 is 0 Å². The van der Waals surface area contributed by atoms with Gasteiger partial charge in [0.05, 0.1) is 16.4 Å². The van der Waals surface area contributed by atoms with Crippen LogP contribution in [0, 0.1) is 6.92 Å². The molecule has 0 saturated carbocycles. The first-order valence-electron chi connectivity index (χ1n) is 11.0. The molecule has 0 radical (unpaired) electrons. The molecule has 1 heterocycles. The molecule has 168 valence electrons. The summed E-state index contributed by atoms with van der Waals surface area (Å²) in [5.41, 5.74) is 9.39. The van der Waals surface area contributed by atoms with Crippen LogP contribution in [-0.4, -0.2) is 24.9 Å². The average molecular weight is 457 g/mol. The summed E-state index contributed by atoms with van der Waals surface area (Å²) in [6.45, 7) is 10.7. The van der Waals surface area contributed by atoms with E-state index in [-0.39, 0.29) is 0 Å². The number of fused-ring (bicyclic) bond motifs is 1.